The quantitative estimate of drug-likeness (QED) is 0.663. The van der Waals surface area contributed by atoms with Crippen molar-refractivity contribution in [2.45, 2.75) is 38.7 Å². The van der Waals surface area contributed by atoms with Crippen LogP contribution in [0.5, 0.6) is 0 Å². The number of hydrogen-bond donors (Lipinski definition) is 1. The number of nitrogens with zero attached hydrogens (tertiary/aromatic N) is 1. The van der Waals surface area contributed by atoms with Crippen LogP contribution in [0.15, 0.2) is 0 Å². The summed E-state index contributed by atoms with van der Waals surface area (Å²) in [6.07, 6.45) is 2.20. The molecule has 1 fully saturated rings. The van der Waals surface area contributed by atoms with Crippen molar-refractivity contribution in [3.05, 3.63) is 0 Å². The number of imide groups is 1. The Kier molecular flexibility index (Phi) is 5.42. The summed E-state index contributed by atoms with van der Waals surface area (Å²) in [5.74, 6) is -0.132. The van der Waals surface area contributed by atoms with Gasteiger partial charge in [0.25, 0.3) is 0 Å². The Labute approximate surface area is 95.9 Å². The average molecular weight is 228 g/mol. The van der Waals surface area contributed by atoms with Crippen LogP contribution in [0.25, 0.3) is 0 Å². The maximum atomic E-state index is 11.5. The van der Waals surface area contributed by atoms with Crippen LogP contribution in [0.2, 0.25) is 0 Å². The van der Waals surface area contributed by atoms with Gasteiger partial charge in [-0.2, -0.15) is 0 Å². The van der Waals surface area contributed by atoms with Crippen molar-refractivity contribution >= 4 is 11.8 Å². The van der Waals surface area contributed by atoms with Crippen LogP contribution in [0, 0.1) is 0 Å². The van der Waals surface area contributed by atoms with Crippen molar-refractivity contribution in [2.75, 3.05) is 19.7 Å². The first kappa shape index (κ1) is 13.1. The van der Waals surface area contributed by atoms with Crippen LogP contribution in [0.3, 0.4) is 0 Å². The van der Waals surface area contributed by atoms with E-state index in [1.165, 1.54) is 4.90 Å². The molecule has 2 N–H and O–H groups in total. The Bertz CT molecular complexity index is 240. The molecule has 0 bridgehead atoms. The van der Waals surface area contributed by atoms with Crippen LogP contribution < -0.4 is 5.73 Å². The van der Waals surface area contributed by atoms with Gasteiger partial charge < -0.3 is 10.5 Å². The molecular weight excluding hydrogens is 208 g/mol. The average Bonchev–Trinajstić information content (AvgIpc) is 2.27. The minimum Gasteiger partial charge on any atom is -0.377 e. The molecule has 0 radical (unpaired) electrons. The van der Waals surface area contributed by atoms with Crippen molar-refractivity contribution in [1.82, 2.24) is 4.90 Å². The van der Waals surface area contributed by atoms with E-state index in [1.807, 2.05) is 6.92 Å². The van der Waals surface area contributed by atoms with Gasteiger partial charge in [0.1, 0.15) is 0 Å². The van der Waals surface area contributed by atoms with E-state index in [1.54, 1.807) is 0 Å². The van der Waals surface area contributed by atoms with Gasteiger partial charge in [-0.25, -0.2) is 0 Å². The summed E-state index contributed by atoms with van der Waals surface area (Å²) < 4.78 is 5.38. The standard InChI is InChI=1S/C11H20N2O3/c1-2-16-9(8-12)6-7-13-10(14)4-3-5-11(13)15/h9H,2-8,12H2,1H3. The van der Waals surface area contributed by atoms with E-state index < -0.39 is 0 Å². The molecular formula is C11H20N2O3. The van der Waals surface area contributed by atoms with Gasteiger partial charge in [-0.15, -0.1) is 0 Å². The molecule has 1 atom stereocenters. The number of nitrogens with two attached hydrogens (primary N) is 1. The Hall–Kier alpha value is -0.940. The van der Waals surface area contributed by atoms with Crippen molar-refractivity contribution in [2.24, 2.45) is 5.73 Å². The Morgan fingerprint density at radius 3 is 2.50 bits per heavy atom. The summed E-state index contributed by atoms with van der Waals surface area (Å²) in [7, 11) is 0. The van der Waals surface area contributed by atoms with E-state index in [4.69, 9.17) is 10.5 Å². The molecule has 0 aromatic carbocycles. The van der Waals surface area contributed by atoms with E-state index in [0.29, 0.717) is 45.4 Å². The lowest BCUT2D eigenvalue weighted by Crippen LogP contribution is -2.42. The molecule has 1 aliphatic rings. The summed E-state index contributed by atoms with van der Waals surface area (Å²) in [5.41, 5.74) is 5.53. The summed E-state index contributed by atoms with van der Waals surface area (Å²) in [4.78, 5) is 24.3. The molecule has 1 unspecified atom stereocenters. The van der Waals surface area contributed by atoms with Crippen molar-refractivity contribution in [1.29, 1.82) is 0 Å². The lowest BCUT2D eigenvalue weighted by Gasteiger charge is -2.26. The predicted octanol–water partition coefficient (Wildman–Crippen LogP) is 0.279. The van der Waals surface area contributed by atoms with Gasteiger partial charge in [-0.3, -0.25) is 14.5 Å². The number of ether oxygens (including phenoxy) is 1. The van der Waals surface area contributed by atoms with Gasteiger partial charge in [0, 0.05) is 32.5 Å². The minimum atomic E-state index is -0.0662. The van der Waals surface area contributed by atoms with E-state index in [-0.39, 0.29) is 17.9 Å². The highest BCUT2D eigenvalue weighted by Crippen LogP contribution is 2.13. The van der Waals surface area contributed by atoms with Gasteiger partial charge in [-0.05, 0) is 19.8 Å². The lowest BCUT2D eigenvalue weighted by atomic mass is 10.1. The molecule has 0 saturated carbocycles. The predicted molar refractivity (Wildman–Crippen MR) is 59.7 cm³/mol. The van der Waals surface area contributed by atoms with Crippen molar-refractivity contribution < 1.29 is 14.3 Å². The molecule has 2 amide bonds. The molecule has 5 nitrogen and oxygen atoms in total. The highest BCUT2D eigenvalue weighted by molar-refractivity contribution is 5.97. The van der Waals surface area contributed by atoms with E-state index in [0.717, 1.165) is 0 Å². The largest absolute Gasteiger partial charge is 0.377 e. The minimum absolute atomic E-state index is 0.0625. The Morgan fingerprint density at radius 2 is 2.00 bits per heavy atom. The van der Waals surface area contributed by atoms with Crippen LogP contribution >= 0.6 is 0 Å². The zero-order valence-corrected chi connectivity index (χ0v) is 9.78. The van der Waals surface area contributed by atoms with Crippen LogP contribution in [-0.4, -0.2) is 42.5 Å². The fraction of sp³-hybridized carbons (Fsp3) is 0.818. The first-order chi connectivity index (χ1) is 7.69. The number of likely N-dealkylation sites (tertiary alicyclic amines) is 1. The summed E-state index contributed by atoms with van der Waals surface area (Å²) >= 11 is 0. The zero-order chi connectivity index (χ0) is 12.0. The second-order valence-corrected chi connectivity index (χ2v) is 3.89. The molecule has 0 spiro atoms. The smallest absolute Gasteiger partial charge is 0.229 e. The van der Waals surface area contributed by atoms with E-state index in [2.05, 4.69) is 0 Å². The highest BCUT2D eigenvalue weighted by atomic mass is 16.5. The van der Waals surface area contributed by atoms with E-state index in [9.17, 15) is 9.59 Å². The van der Waals surface area contributed by atoms with Gasteiger partial charge in [-0.1, -0.05) is 0 Å². The van der Waals surface area contributed by atoms with E-state index >= 15 is 0 Å². The third-order valence-electron chi connectivity index (χ3n) is 2.72. The molecule has 92 valence electrons. The van der Waals surface area contributed by atoms with Gasteiger partial charge in [0.2, 0.25) is 11.8 Å². The normalized spacial score (nSPS) is 19.0. The third-order valence-corrected chi connectivity index (χ3v) is 2.72. The number of piperidine rings is 1. The Balaban J connectivity index is 2.39. The van der Waals surface area contributed by atoms with Crippen molar-refractivity contribution in [3.8, 4) is 0 Å². The first-order valence-electron chi connectivity index (χ1n) is 5.84. The van der Waals surface area contributed by atoms with Crippen molar-refractivity contribution in [3.63, 3.8) is 0 Å². The number of carbonyl (C=O) groups excluding carboxylic acids is 2. The van der Waals surface area contributed by atoms with Gasteiger partial charge >= 0.3 is 0 Å². The van der Waals surface area contributed by atoms with Crippen LogP contribution in [-0.2, 0) is 14.3 Å². The number of carbonyl (C=O) groups is 2. The molecule has 0 aliphatic carbocycles. The lowest BCUT2D eigenvalue weighted by molar-refractivity contribution is -0.148. The summed E-state index contributed by atoms with van der Waals surface area (Å²) in [6, 6.07) is 0. The molecule has 16 heavy (non-hydrogen) atoms. The highest BCUT2D eigenvalue weighted by Gasteiger charge is 2.26. The Morgan fingerprint density at radius 1 is 1.38 bits per heavy atom. The van der Waals surface area contributed by atoms with Gasteiger partial charge in [0.15, 0.2) is 0 Å². The fourth-order valence-electron chi connectivity index (χ4n) is 1.83. The topological polar surface area (TPSA) is 72.6 Å². The number of amides is 2. The van der Waals surface area contributed by atoms with Crippen LogP contribution in [0.4, 0.5) is 0 Å². The molecule has 1 saturated heterocycles. The third kappa shape index (κ3) is 3.57. The molecule has 1 heterocycles. The molecule has 1 aliphatic heterocycles. The fourth-order valence-corrected chi connectivity index (χ4v) is 1.83. The van der Waals surface area contributed by atoms with Crippen LogP contribution in [0.1, 0.15) is 32.6 Å². The number of hydrogen-bond acceptors (Lipinski definition) is 4. The zero-order valence-electron chi connectivity index (χ0n) is 9.78. The molecule has 1 rings (SSSR count). The number of rotatable bonds is 6. The SMILES string of the molecule is CCOC(CN)CCN1C(=O)CCCC1=O. The summed E-state index contributed by atoms with van der Waals surface area (Å²) in [6.45, 7) is 3.35. The maximum absolute atomic E-state index is 11.5. The summed E-state index contributed by atoms with van der Waals surface area (Å²) in [5, 5.41) is 0. The molecule has 0 aromatic rings. The second kappa shape index (κ2) is 6.60. The first-order valence-corrected chi connectivity index (χ1v) is 5.84. The maximum Gasteiger partial charge on any atom is 0.229 e. The molecule has 5 heteroatoms. The second-order valence-electron chi connectivity index (χ2n) is 3.89. The molecule has 0 aromatic heterocycles. The van der Waals surface area contributed by atoms with Gasteiger partial charge in [0.05, 0.1) is 6.10 Å². The monoisotopic (exact) mass is 228 g/mol.